The van der Waals surface area contributed by atoms with Crippen molar-refractivity contribution < 1.29 is 9.66 Å². The third-order valence-corrected chi connectivity index (χ3v) is 9.02. The van der Waals surface area contributed by atoms with Gasteiger partial charge in [-0.3, -0.25) is 19.5 Å². The van der Waals surface area contributed by atoms with Crippen LogP contribution in [0, 0.1) is 10.1 Å². The Balaban J connectivity index is 1.37. The standard InChI is InChI=1S/C34H24ClN3O4S/c35-25-15-12-21(13-16-25)20-42-29-11-4-2-7-23(29)19-30-33(39)37-32(24-8-5-9-26(18-24)38(40)41)28-17-14-22-6-1-3-10-27(22)31(28)36-34(37)43-30/h1-13,15-16,18-19,32H,14,17,20H2/b30-19-/t32-/m0/s1. The molecule has 1 aliphatic carbocycles. The number of para-hydroxylation sites is 1. The van der Waals surface area contributed by atoms with Gasteiger partial charge in [0.15, 0.2) is 4.80 Å². The van der Waals surface area contributed by atoms with Gasteiger partial charge < -0.3 is 4.74 Å². The van der Waals surface area contributed by atoms with Gasteiger partial charge in [0, 0.05) is 28.3 Å². The van der Waals surface area contributed by atoms with Gasteiger partial charge in [0.2, 0.25) is 0 Å². The fourth-order valence-electron chi connectivity index (χ4n) is 5.74. The Morgan fingerprint density at radius 1 is 1.00 bits per heavy atom. The summed E-state index contributed by atoms with van der Waals surface area (Å²) in [5, 5.41) is 12.3. The molecule has 7 rings (SSSR count). The molecule has 0 saturated heterocycles. The summed E-state index contributed by atoms with van der Waals surface area (Å²) >= 11 is 7.33. The molecule has 0 unspecified atom stereocenters. The molecule has 43 heavy (non-hydrogen) atoms. The van der Waals surface area contributed by atoms with Crippen LogP contribution < -0.4 is 19.6 Å². The minimum atomic E-state index is -0.502. The molecule has 0 amide bonds. The Morgan fingerprint density at radius 3 is 2.63 bits per heavy atom. The zero-order valence-corrected chi connectivity index (χ0v) is 24.3. The lowest BCUT2D eigenvalue weighted by Gasteiger charge is -2.30. The van der Waals surface area contributed by atoms with E-state index in [4.69, 9.17) is 21.3 Å². The quantitative estimate of drug-likeness (QED) is 0.164. The van der Waals surface area contributed by atoms with Crippen LogP contribution in [0.4, 0.5) is 5.69 Å². The number of thiazole rings is 1. The van der Waals surface area contributed by atoms with Gasteiger partial charge in [0.1, 0.15) is 12.4 Å². The SMILES string of the molecule is O=c1/c(=C/c2ccccc2OCc2ccc(Cl)cc2)sc2n1[C@@H](c1cccc([N+](=O)[O-])c1)C1=C(N=2)c2ccccc2CC1. The Morgan fingerprint density at radius 2 is 1.79 bits per heavy atom. The molecule has 0 spiro atoms. The highest BCUT2D eigenvalue weighted by Crippen LogP contribution is 2.41. The molecule has 1 aliphatic heterocycles. The molecule has 7 nitrogen and oxygen atoms in total. The van der Waals surface area contributed by atoms with E-state index in [1.807, 2.05) is 72.8 Å². The second kappa shape index (κ2) is 11.1. The molecule has 2 heterocycles. The van der Waals surface area contributed by atoms with E-state index in [-0.39, 0.29) is 11.2 Å². The summed E-state index contributed by atoms with van der Waals surface area (Å²) in [5.74, 6) is 0.645. The molecule has 9 heteroatoms. The van der Waals surface area contributed by atoms with Gasteiger partial charge in [-0.1, -0.05) is 89.7 Å². The number of rotatable bonds is 6. The van der Waals surface area contributed by atoms with Crippen LogP contribution >= 0.6 is 22.9 Å². The molecule has 2 aliphatic rings. The van der Waals surface area contributed by atoms with Crippen molar-refractivity contribution in [2.75, 3.05) is 0 Å². The molecule has 0 N–H and O–H groups in total. The average molecular weight is 606 g/mol. The third kappa shape index (κ3) is 5.09. The van der Waals surface area contributed by atoms with Crippen LogP contribution in [0.5, 0.6) is 5.75 Å². The summed E-state index contributed by atoms with van der Waals surface area (Å²) in [6.45, 7) is 0.349. The number of nitrogens with zero attached hydrogens (tertiary/aromatic N) is 3. The van der Waals surface area contributed by atoms with Gasteiger partial charge >= 0.3 is 0 Å². The average Bonchev–Trinajstić information content (AvgIpc) is 3.34. The van der Waals surface area contributed by atoms with Gasteiger partial charge in [0.05, 0.1) is 21.2 Å². The normalized spacial score (nSPS) is 15.7. The second-order valence-corrected chi connectivity index (χ2v) is 11.9. The van der Waals surface area contributed by atoms with Crippen molar-refractivity contribution in [1.82, 2.24) is 4.57 Å². The van der Waals surface area contributed by atoms with Crippen LogP contribution in [-0.4, -0.2) is 9.49 Å². The number of allylic oxidation sites excluding steroid dienone is 1. The molecule has 212 valence electrons. The van der Waals surface area contributed by atoms with Crippen LogP contribution in [0.2, 0.25) is 5.02 Å². The fourth-order valence-corrected chi connectivity index (χ4v) is 6.86. The van der Waals surface area contributed by atoms with Crippen LogP contribution in [0.1, 0.15) is 40.3 Å². The lowest BCUT2D eigenvalue weighted by atomic mass is 9.83. The zero-order valence-electron chi connectivity index (χ0n) is 22.8. The van der Waals surface area contributed by atoms with Crippen molar-refractivity contribution in [3.63, 3.8) is 0 Å². The fraction of sp³-hybridized carbons (Fsp3) is 0.118. The van der Waals surface area contributed by atoms with E-state index in [1.54, 1.807) is 16.7 Å². The number of ether oxygens (including phenoxy) is 1. The number of hydrogen-bond donors (Lipinski definition) is 0. The molecule has 5 aromatic rings. The highest BCUT2D eigenvalue weighted by Gasteiger charge is 2.33. The monoisotopic (exact) mass is 605 g/mol. The first-order valence-electron chi connectivity index (χ1n) is 13.8. The number of benzene rings is 4. The number of nitro benzene ring substituents is 1. The number of aromatic nitrogens is 1. The van der Waals surface area contributed by atoms with E-state index in [0.717, 1.165) is 34.4 Å². The second-order valence-electron chi connectivity index (χ2n) is 10.4. The number of halogens is 1. The summed E-state index contributed by atoms with van der Waals surface area (Å²) in [4.78, 5) is 31.0. The Labute approximate surface area is 255 Å². The molecule has 0 radical (unpaired) electrons. The van der Waals surface area contributed by atoms with Crippen LogP contribution in [0.15, 0.2) is 112 Å². The molecular weight excluding hydrogens is 582 g/mol. The maximum absolute atomic E-state index is 14.1. The number of aryl methyl sites for hydroxylation is 1. The van der Waals surface area contributed by atoms with Gasteiger partial charge in [0.25, 0.3) is 11.2 Å². The zero-order chi connectivity index (χ0) is 29.5. The predicted octanol–water partition coefficient (Wildman–Crippen LogP) is 6.46. The molecule has 0 bridgehead atoms. The van der Waals surface area contributed by atoms with Gasteiger partial charge in [-0.2, -0.15) is 0 Å². The van der Waals surface area contributed by atoms with Crippen LogP contribution in [0.25, 0.3) is 11.8 Å². The first-order chi connectivity index (χ1) is 21.0. The summed E-state index contributed by atoms with van der Waals surface area (Å²) in [6.07, 6.45) is 3.34. The highest BCUT2D eigenvalue weighted by atomic mass is 35.5. The summed E-state index contributed by atoms with van der Waals surface area (Å²) in [5.41, 5.74) is 6.30. The van der Waals surface area contributed by atoms with Crippen LogP contribution in [0.3, 0.4) is 0 Å². The number of hydrogen-bond acceptors (Lipinski definition) is 6. The largest absolute Gasteiger partial charge is 0.488 e. The van der Waals surface area contributed by atoms with Crippen molar-refractivity contribution >= 4 is 40.4 Å². The molecule has 0 saturated carbocycles. The van der Waals surface area contributed by atoms with E-state index in [1.165, 1.54) is 23.0 Å². The number of fused-ring (bicyclic) bond motifs is 3. The minimum Gasteiger partial charge on any atom is -0.488 e. The number of non-ortho nitro benzene ring substituents is 1. The van der Waals surface area contributed by atoms with E-state index in [0.29, 0.717) is 38.7 Å². The lowest BCUT2D eigenvalue weighted by molar-refractivity contribution is -0.384. The smallest absolute Gasteiger partial charge is 0.271 e. The first kappa shape index (κ1) is 27.1. The maximum Gasteiger partial charge on any atom is 0.271 e. The van der Waals surface area contributed by atoms with Crippen LogP contribution in [-0.2, 0) is 13.0 Å². The van der Waals surface area contributed by atoms with Gasteiger partial charge in [-0.05, 0) is 59.4 Å². The molecule has 0 fully saturated rings. The van der Waals surface area contributed by atoms with Gasteiger partial charge in [-0.25, -0.2) is 4.99 Å². The minimum absolute atomic E-state index is 0.0123. The van der Waals surface area contributed by atoms with E-state index in [2.05, 4.69) is 12.1 Å². The number of nitro groups is 1. The maximum atomic E-state index is 14.1. The molecular formula is C34H24ClN3O4S. The summed E-state index contributed by atoms with van der Waals surface area (Å²) in [7, 11) is 0. The summed E-state index contributed by atoms with van der Waals surface area (Å²) < 4.78 is 8.34. The van der Waals surface area contributed by atoms with Crippen molar-refractivity contribution in [2.45, 2.75) is 25.5 Å². The van der Waals surface area contributed by atoms with E-state index < -0.39 is 11.0 Å². The third-order valence-electron chi connectivity index (χ3n) is 7.78. The topological polar surface area (TPSA) is 86.7 Å². The van der Waals surface area contributed by atoms with E-state index in [9.17, 15) is 14.9 Å². The molecule has 1 aromatic heterocycles. The van der Waals surface area contributed by atoms with Crippen molar-refractivity contribution in [3.05, 3.63) is 165 Å². The van der Waals surface area contributed by atoms with Gasteiger partial charge in [-0.15, -0.1) is 0 Å². The first-order valence-corrected chi connectivity index (χ1v) is 15.0. The van der Waals surface area contributed by atoms with Crippen molar-refractivity contribution in [1.29, 1.82) is 0 Å². The van der Waals surface area contributed by atoms with E-state index >= 15 is 0 Å². The Kier molecular flexibility index (Phi) is 7.01. The predicted molar refractivity (Wildman–Crippen MR) is 168 cm³/mol. The lowest BCUT2D eigenvalue weighted by Crippen LogP contribution is -2.38. The summed E-state index contributed by atoms with van der Waals surface area (Å²) in [6, 6.07) is 29.3. The Bertz CT molecular complexity index is 2110. The molecule has 1 atom stereocenters. The van der Waals surface area contributed by atoms with Crippen molar-refractivity contribution in [2.24, 2.45) is 4.99 Å². The van der Waals surface area contributed by atoms with Crippen molar-refractivity contribution in [3.8, 4) is 5.75 Å². The molecule has 4 aromatic carbocycles. The highest BCUT2D eigenvalue weighted by molar-refractivity contribution is 7.07. The Hall–Kier alpha value is -4.79.